The van der Waals surface area contributed by atoms with Gasteiger partial charge >= 0.3 is 5.97 Å². The number of unbranched alkanes of at least 4 members (excludes halogenated alkanes) is 5. The summed E-state index contributed by atoms with van der Waals surface area (Å²) < 4.78 is 10.0. The van der Waals surface area contributed by atoms with Crippen LogP contribution < -0.4 is 0 Å². The zero-order valence-electron chi connectivity index (χ0n) is 12.1. The normalized spacial score (nSPS) is 10.6. The molecule has 1 rings (SSSR count). The molecule has 0 N–H and O–H groups in total. The number of esters is 1. The summed E-state index contributed by atoms with van der Waals surface area (Å²) in [5.41, 5.74) is 1.06. The first-order valence-corrected chi connectivity index (χ1v) is 7.29. The Hall–Kier alpha value is -1.32. The molecule has 0 fully saturated rings. The van der Waals surface area contributed by atoms with Crippen LogP contribution in [0.25, 0.3) is 0 Å². The lowest BCUT2D eigenvalue weighted by Crippen LogP contribution is -2.03. The number of hydrogen-bond donors (Lipinski definition) is 0. The van der Waals surface area contributed by atoms with E-state index in [0.717, 1.165) is 37.3 Å². The highest BCUT2D eigenvalue weighted by Gasteiger charge is 2.01. The summed E-state index contributed by atoms with van der Waals surface area (Å²) in [6.07, 6.45) is 10.1. The van der Waals surface area contributed by atoms with E-state index in [4.69, 9.17) is 9.15 Å². The number of carbonyl (C=O) groups is 1. The van der Waals surface area contributed by atoms with Crippen LogP contribution in [0.2, 0.25) is 0 Å². The number of nitrogens with zero attached hydrogens (tertiary/aromatic N) is 1. The van der Waals surface area contributed by atoms with Crippen LogP contribution in [0.15, 0.2) is 10.7 Å². The second kappa shape index (κ2) is 9.59. The summed E-state index contributed by atoms with van der Waals surface area (Å²) in [6, 6.07) is 0. The van der Waals surface area contributed by atoms with Crippen molar-refractivity contribution in [1.29, 1.82) is 0 Å². The molecule has 108 valence electrons. The Balaban J connectivity index is 1.87. The van der Waals surface area contributed by atoms with E-state index in [1.807, 2.05) is 13.8 Å². The third-order valence-corrected chi connectivity index (χ3v) is 3.04. The van der Waals surface area contributed by atoms with Gasteiger partial charge in [0.1, 0.15) is 6.26 Å². The van der Waals surface area contributed by atoms with E-state index in [1.165, 1.54) is 19.3 Å². The van der Waals surface area contributed by atoms with E-state index >= 15 is 0 Å². The summed E-state index contributed by atoms with van der Waals surface area (Å²) in [7, 11) is 0. The maximum absolute atomic E-state index is 11.1. The van der Waals surface area contributed by atoms with Gasteiger partial charge in [-0.2, -0.15) is 0 Å². The standard InChI is InChI=1S/C15H25NO3/c1-3-18-15(17)11-9-7-5-4-6-8-10-14-12-19-13(2)16-14/h12H,3-11H2,1-2H3. The minimum absolute atomic E-state index is 0.0658. The Kier molecular flexibility index (Phi) is 7.94. The van der Waals surface area contributed by atoms with Crippen LogP contribution >= 0.6 is 0 Å². The lowest BCUT2D eigenvalue weighted by Gasteiger charge is -2.02. The van der Waals surface area contributed by atoms with Crippen molar-refractivity contribution in [2.24, 2.45) is 0 Å². The average molecular weight is 267 g/mol. The van der Waals surface area contributed by atoms with Crippen LogP contribution in [-0.2, 0) is 16.0 Å². The Morgan fingerprint density at radius 3 is 2.53 bits per heavy atom. The summed E-state index contributed by atoms with van der Waals surface area (Å²) in [5.74, 6) is 0.679. The monoisotopic (exact) mass is 267 g/mol. The zero-order valence-corrected chi connectivity index (χ0v) is 12.1. The van der Waals surface area contributed by atoms with Crippen molar-refractivity contribution in [3.8, 4) is 0 Å². The van der Waals surface area contributed by atoms with Gasteiger partial charge in [0.15, 0.2) is 5.89 Å². The third kappa shape index (κ3) is 7.65. The summed E-state index contributed by atoms with van der Waals surface area (Å²) >= 11 is 0. The molecule has 0 aliphatic heterocycles. The molecule has 0 atom stereocenters. The molecule has 0 bridgehead atoms. The minimum atomic E-state index is -0.0658. The molecule has 4 heteroatoms. The third-order valence-electron chi connectivity index (χ3n) is 3.04. The molecule has 1 aromatic rings. The van der Waals surface area contributed by atoms with Gasteiger partial charge in [-0.05, 0) is 26.2 Å². The average Bonchev–Trinajstić information content (AvgIpc) is 2.79. The quantitative estimate of drug-likeness (QED) is 0.477. The van der Waals surface area contributed by atoms with Gasteiger partial charge in [0.05, 0.1) is 12.3 Å². The zero-order chi connectivity index (χ0) is 13.9. The van der Waals surface area contributed by atoms with Crippen molar-refractivity contribution >= 4 is 5.97 Å². The van der Waals surface area contributed by atoms with Crippen LogP contribution in [0.3, 0.4) is 0 Å². The molecule has 0 amide bonds. The summed E-state index contributed by atoms with van der Waals surface area (Å²) in [6.45, 7) is 4.20. The smallest absolute Gasteiger partial charge is 0.305 e. The fourth-order valence-electron chi connectivity index (χ4n) is 2.04. The highest BCUT2D eigenvalue weighted by molar-refractivity contribution is 5.69. The van der Waals surface area contributed by atoms with Gasteiger partial charge in [0, 0.05) is 13.3 Å². The van der Waals surface area contributed by atoms with Crippen LogP contribution in [0.4, 0.5) is 0 Å². The van der Waals surface area contributed by atoms with Crippen LogP contribution in [0.1, 0.15) is 63.5 Å². The first-order chi connectivity index (χ1) is 9.22. The SMILES string of the molecule is CCOC(=O)CCCCCCCCc1coc(C)n1. The molecule has 1 heterocycles. The largest absolute Gasteiger partial charge is 0.466 e. The Bertz CT molecular complexity index is 360. The molecule has 0 aromatic carbocycles. The van der Waals surface area contributed by atoms with Gasteiger partial charge in [0.25, 0.3) is 0 Å². The highest BCUT2D eigenvalue weighted by atomic mass is 16.5. The van der Waals surface area contributed by atoms with Crippen LogP contribution in [0, 0.1) is 6.92 Å². The van der Waals surface area contributed by atoms with Gasteiger partial charge in [-0.25, -0.2) is 4.98 Å². The van der Waals surface area contributed by atoms with Gasteiger partial charge in [-0.1, -0.05) is 25.7 Å². The molecule has 0 aliphatic rings. The van der Waals surface area contributed by atoms with Gasteiger partial charge in [-0.3, -0.25) is 4.79 Å². The van der Waals surface area contributed by atoms with E-state index in [0.29, 0.717) is 13.0 Å². The summed E-state index contributed by atoms with van der Waals surface area (Å²) in [5, 5.41) is 0. The van der Waals surface area contributed by atoms with Crippen molar-refractivity contribution in [3.05, 3.63) is 17.8 Å². The number of carbonyl (C=O) groups excluding carboxylic acids is 1. The molecule has 1 aromatic heterocycles. The Morgan fingerprint density at radius 2 is 1.89 bits per heavy atom. The molecule has 0 aliphatic carbocycles. The predicted molar refractivity (Wildman–Crippen MR) is 73.9 cm³/mol. The molecular weight excluding hydrogens is 242 g/mol. The Morgan fingerprint density at radius 1 is 1.21 bits per heavy atom. The van der Waals surface area contributed by atoms with E-state index in [-0.39, 0.29) is 5.97 Å². The lowest BCUT2D eigenvalue weighted by atomic mass is 10.1. The van der Waals surface area contributed by atoms with Crippen molar-refractivity contribution in [2.75, 3.05) is 6.61 Å². The molecule has 0 radical (unpaired) electrons. The number of aryl methyl sites for hydroxylation is 2. The van der Waals surface area contributed by atoms with Crippen molar-refractivity contribution in [1.82, 2.24) is 4.98 Å². The lowest BCUT2D eigenvalue weighted by molar-refractivity contribution is -0.143. The minimum Gasteiger partial charge on any atom is -0.466 e. The second-order valence-electron chi connectivity index (χ2n) is 4.78. The molecule has 0 unspecified atom stereocenters. The van der Waals surface area contributed by atoms with E-state index in [2.05, 4.69) is 4.98 Å². The molecule has 0 spiro atoms. The molecule has 0 saturated heterocycles. The van der Waals surface area contributed by atoms with E-state index in [1.54, 1.807) is 6.26 Å². The molecule has 0 saturated carbocycles. The topological polar surface area (TPSA) is 52.3 Å². The van der Waals surface area contributed by atoms with Crippen LogP contribution in [0.5, 0.6) is 0 Å². The highest BCUT2D eigenvalue weighted by Crippen LogP contribution is 2.10. The molecule has 19 heavy (non-hydrogen) atoms. The van der Waals surface area contributed by atoms with Crippen molar-refractivity contribution in [2.45, 2.75) is 65.2 Å². The fraction of sp³-hybridized carbons (Fsp3) is 0.733. The van der Waals surface area contributed by atoms with Crippen molar-refractivity contribution < 1.29 is 13.9 Å². The maximum atomic E-state index is 11.1. The van der Waals surface area contributed by atoms with Crippen molar-refractivity contribution in [3.63, 3.8) is 0 Å². The fourth-order valence-corrected chi connectivity index (χ4v) is 2.04. The maximum Gasteiger partial charge on any atom is 0.305 e. The predicted octanol–water partition coefficient (Wildman–Crippen LogP) is 3.82. The number of aromatic nitrogens is 1. The number of hydrogen-bond acceptors (Lipinski definition) is 4. The number of oxazole rings is 1. The van der Waals surface area contributed by atoms with Crippen LogP contribution in [-0.4, -0.2) is 17.6 Å². The number of ether oxygens (including phenoxy) is 1. The second-order valence-corrected chi connectivity index (χ2v) is 4.78. The molecule has 4 nitrogen and oxygen atoms in total. The van der Waals surface area contributed by atoms with E-state index < -0.39 is 0 Å². The first kappa shape index (κ1) is 15.7. The van der Waals surface area contributed by atoms with E-state index in [9.17, 15) is 4.79 Å². The summed E-state index contributed by atoms with van der Waals surface area (Å²) in [4.78, 5) is 15.4. The van der Waals surface area contributed by atoms with Gasteiger partial charge < -0.3 is 9.15 Å². The molecular formula is C15H25NO3. The number of rotatable bonds is 10. The Labute approximate surface area is 115 Å². The van der Waals surface area contributed by atoms with Gasteiger partial charge in [0.2, 0.25) is 0 Å². The van der Waals surface area contributed by atoms with Gasteiger partial charge in [-0.15, -0.1) is 0 Å². The first-order valence-electron chi connectivity index (χ1n) is 7.29.